The van der Waals surface area contributed by atoms with Crippen molar-refractivity contribution >= 4 is 33.0 Å². The molecule has 0 unspecified atom stereocenters. The van der Waals surface area contributed by atoms with E-state index in [0.29, 0.717) is 5.13 Å². The average Bonchev–Trinajstić information content (AvgIpc) is 2.57. The Bertz CT molecular complexity index is 405. The number of aliphatic imine (C=N–C) groups is 1. The Morgan fingerprint density at radius 3 is 3.08 bits per heavy atom. The summed E-state index contributed by atoms with van der Waals surface area (Å²) < 4.78 is 1.09. The molecule has 1 aromatic carbocycles. The summed E-state index contributed by atoms with van der Waals surface area (Å²) in [6.45, 7) is 0. The van der Waals surface area contributed by atoms with Gasteiger partial charge in [-0.1, -0.05) is 23.5 Å². The van der Waals surface area contributed by atoms with Crippen LogP contribution in [-0.2, 0) is 0 Å². The Kier molecular flexibility index (Phi) is 2.20. The third kappa shape index (κ3) is 1.66. The number of benzene rings is 1. The summed E-state index contributed by atoms with van der Waals surface area (Å²) in [6.07, 6.45) is 1.19. The van der Waals surface area contributed by atoms with Crippen LogP contribution in [0.5, 0.6) is 0 Å². The van der Waals surface area contributed by atoms with Crippen LogP contribution in [0.3, 0.4) is 0 Å². The van der Waals surface area contributed by atoms with Crippen LogP contribution in [0.25, 0.3) is 10.2 Å². The molecule has 0 spiro atoms. The second-order valence-corrected chi connectivity index (χ2v) is 3.36. The van der Waals surface area contributed by atoms with Gasteiger partial charge >= 0.3 is 0 Å². The number of thiazole rings is 1. The first-order chi connectivity index (χ1) is 6.40. The summed E-state index contributed by atoms with van der Waals surface area (Å²) in [5.41, 5.74) is 2.76. The van der Waals surface area contributed by atoms with Crippen molar-refractivity contribution in [3.63, 3.8) is 0 Å². The summed E-state index contributed by atoms with van der Waals surface area (Å²) in [5.74, 6) is 0. The highest BCUT2D eigenvalue weighted by Crippen LogP contribution is 2.26. The van der Waals surface area contributed by atoms with E-state index < -0.39 is 0 Å². The van der Waals surface area contributed by atoms with Crippen LogP contribution < -0.4 is 5.48 Å². The molecule has 0 atom stereocenters. The molecule has 1 aromatic heterocycles. The Balaban J connectivity index is 2.44. The van der Waals surface area contributed by atoms with Crippen LogP contribution in [0.1, 0.15) is 0 Å². The monoisotopic (exact) mass is 193 g/mol. The maximum Gasteiger partial charge on any atom is 0.211 e. The predicted octanol–water partition coefficient (Wildman–Crippen LogP) is 1.93. The number of rotatable bonds is 2. The number of hydrogen-bond donors (Lipinski definition) is 2. The van der Waals surface area contributed by atoms with Gasteiger partial charge in [0.2, 0.25) is 5.13 Å². The molecule has 0 saturated carbocycles. The van der Waals surface area contributed by atoms with Gasteiger partial charge in [-0.05, 0) is 12.1 Å². The lowest BCUT2D eigenvalue weighted by molar-refractivity contribution is 0.240. The number of nitrogens with one attached hydrogen (secondary N) is 1. The molecule has 4 nitrogen and oxygen atoms in total. The molecule has 2 aromatic rings. The fourth-order valence-electron chi connectivity index (χ4n) is 0.999. The van der Waals surface area contributed by atoms with E-state index in [4.69, 9.17) is 5.21 Å². The van der Waals surface area contributed by atoms with Gasteiger partial charge in [0.1, 0.15) is 6.34 Å². The quantitative estimate of drug-likeness (QED) is 0.435. The lowest BCUT2D eigenvalue weighted by Gasteiger charge is -1.81. The zero-order chi connectivity index (χ0) is 9.10. The smallest absolute Gasteiger partial charge is 0.211 e. The van der Waals surface area contributed by atoms with Gasteiger partial charge in [-0.2, -0.15) is 0 Å². The van der Waals surface area contributed by atoms with Crippen LogP contribution in [0, 0.1) is 0 Å². The van der Waals surface area contributed by atoms with Crippen LogP contribution in [0.2, 0.25) is 0 Å². The van der Waals surface area contributed by atoms with Crippen LogP contribution in [-0.4, -0.2) is 16.5 Å². The van der Waals surface area contributed by atoms with Gasteiger partial charge in [-0.15, -0.1) is 0 Å². The fourth-order valence-corrected chi connectivity index (χ4v) is 1.81. The third-order valence-corrected chi connectivity index (χ3v) is 2.46. The van der Waals surface area contributed by atoms with E-state index in [9.17, 15) is 0 Å². The molecule has 0 aliphatic rings. The average molecular weight is 193 g/mol. The number of hydrogen-bond acceptors (Lipinski definition) is 4. The Labute approximate surface area is 78.5 Å². The van der Waals surface area contributed by atoms with Crippen molar-refractivity contribution in [1.82, 2.24) is 10.5 Å². The zero-order valence-electron chi connectivity index (χ0n) is 6.64. The minimum Gasteiger partial charge on any atom is -0.290 e. The van der Waals surface area contributed by atoms with Gasteiger partial charge in [-0.3, -0.25) is 10.7 Å². The maximum absolute atomic E-state index is 8.28. The molecule has 0 aliphatic carbocycles. The Morgan fingerprint density at radius 2 is 2.31 bits per heavy atom. The second-order valence-electron chi connectivity index (χ2n) is 2.35. The van der Waals surface area contributed by atoms with Gasteiger partial charge in [-0.25, -0.2) is 9.98 Å². The van der Waals surface area contributed by atoms with Crippen LogP contribution >= 0.6 is 11.3 Å². The van der Waals surface area contributed by atoms with E-state index in [1.165, 1.54) is 17.7 Å². The Morgan fingerprint density at radius 1 is 1.46 bits per heavy atom. The van der Waals surface area contributed by atoms with E-state index in [-0.39, 0.29) is 0 Å². The number of hydroxylamine groups is 1. The third-order valence-electron chi connectivity index (χ3n) is 1.52. The largest absolute Gasteiger partial charge is 0.290 e. The SMILES string of the molecule is ON/C=N/c1nc2ccccc2s1. The lowest BCUT2D eigenvalue weighted by Crippen LogP contribution is -2.00. The van der Waals surface area contributed by atoms with Crippen LogP contribution in [0.15, 0.2) is 29.3 Å². The van der Waals surface area contributed by atoms with Gasteiger partial charge < -0.3 is 0 Å². The van der Waals surface area contributed by atoms with Gasteiger partial charge in [0.15, 0.2) is 0 Å². The zero-order valence-corrected chi connectivity index (χ0v) is 7.45. The molecule has 0 saturated heterocycles. The van der Waals surface area contributed by atoms with Gasteiger partial charge in [0.25, 0.3) is 0 Å². The molecule has 13 heavy (non-hydrogen) atoms. The molecule has 5 heteroatoms. The van der Waals surface area contributed by atoms with E-state index in [1.54, 1.807) is 0 Å². The first kappa shape index (κ1) is 8.15. The summed E-state index contributed by atoms with van der Waals surface area (Å²) in [5, 5.41) is 8.91. The maximum atomic E-state index is 8.28. The molecule has 66 valence electrons. The summed E-state index contributed by atoms with van der Waals surface area (Å²) in [7, 11) is 0. The number of fused-ring (bicyclic) bond motifs is 1. The predicted molar refractivity (Wildman–Crippen MR) is 52.7 cm³/mol. The summed E-state index contributed by atoms with van der Waals surface area (Å²) >= 11 is 1.48. The first-order valence-corrected chi connectivity index (χ1v) is 4.49. The molecule has 0 amide bonds. The normalized spacial score (nSPS) is 11.2. The highest BCUT2D eigenvalue weighted by molar-refractivity contribution is 7.21. The molecular weight excluding hydrogens is 186 g/mol. The highest BCUT2D eigenvalue weighted by Gasteiger charge is 1.99. The van der Waals surface area contributed by atoms with E-state index >= 15 is 0 Å². The lowest BCUT2D eigenvalue weighted by atomic mass is 10.3. The topological polar surface area (TPSA) is 57.5 Å². The van der Waals surface area contributed by atoms with Crippen molar-refractivity contribution in [1.29, 1.82) is 0 Å². The minimum atomic E-state index is 0.628. The van der Waals surface area contributed by atoms with Crippen molar-refractivity contribution in [3.05, 3.63) is 24.3 Å². The standard InChI is InChI=1S/C8H7N3OS/c12-10-5-9-8-11-6-3-1-2-4-7(6)13-8/h1-5,12H,(H,9,10,11). The number of nitrogens with zero attached hydrogens (tertiary/aromatic N) is 2. The van der Waals surface area contributed by atoms with Crippen molar-refractivity contribution in [2.24, 2.45) is 4.99 Å². The van der Waals surface area contributed by atoms with Crippen molar-refractivity contribution in [3.8, 4) is 0 Å². The number of aromatic nitrogens is 1. The Hall–Kier alpha value is -1.46. The van der Waals surface area contributed by atoms with Gasteiger partial charge in [0, 0.05) is 0 Å². The van der Waals surface area contributed by atoms with E-state index in [2.05, 4.69) is 9.98 Å². The van der Waals surface area contributed by atoms with Crippen molar-refractivity contribution in [2.75, 3.05) is 0 Å². The fraction of sp³-hybridized carbons (Fsp3) is 0. The number of para-hydroxylation sites is 1. The molecule has 0 radical (unpaired) electrons. The molecule has 1 heterocycles. The van der Waals surface area contributed by atoms with Crippen LogP contribution in [0.4, 0.5) is 5.13 Å². The van der Waals surface area contributed by atoms with Crippen molar-refractivity contribution < 1.29 is 5.21 Å². The van der Waals surface area contributed by atoms with E-state index in [1.807, 2.05) is 29.7 Å². The molecule has 2 N–H and O–H groups in total. The molecular formula is C8H7N3OS. The first-order valence-electron chi connectivity index (χ1n) is 3.68. The second kappa shape index (κ2) is 3.51. The minimum absolute atomic E-state index is 0.628. The van der Waals surface area contributed by atoms with Crippen molar-refractivity contribution in [2.45, 2.75) is 0 Å². The molecule has 2 rings (SSSR count). The van der Waals surface area contributed by atoms with E-state index in [0.717, 1.165) is 10.2 Å². The highest BCUT2D eigenvalue weighted by atomic mass is 32.1. The summed E-state index contributed by atoms with van der Waals surface area (Å²) in [4.78, 5) is 8.10. The molecule has 0 fully saturated rings. The molecule has 0 bridgehead atoms. The summed E-state index contributed by atoms with van der Waals surface area (Å²) in [6, 6.07) is 7.80. The molecule has 0 aliphatic heterocycles. The van der Waals surface area contributed by atoms with Gasteiger partial charge in [0.05, 0.1) is 10.2 Å².